The summed E-state index contributed by atoms with van der Waals surface area (Å²) in [5.41, 5.74) is 2.45. The lowest BCUT2D eigenvalue weighted by Gasteiger charge is -2.46. The number of benzene rings is 1. The molecule has 4 nitrogen and oxygen atoms in total. The van der Waals surface area contributed by atoms with Gasteiger partial charge in [-0.1, -0.05) is 42.5 Å². The summed E-state index contributed by atoms with van der Waals surface area (Å²) in [5, 5.41) is 0. The summed E-state index contributed by atoms with van der Waals surface area (Å²) in [5.74, 6) is 0.844. The number of morpholine rings is 1. The highest BCUT2D eigenvalue weighted by atomic mass is 28.4. The Bertz CT molecular complexity index is 709. The molecule has 3 rings (SSSR count). The molecule has 0 aliphatic carbocycles. The van der Waals surface area contributed by atoms with E-state index in [1.807, 2.05) is 0 Å². The van der Waals surface area contributed by atoms with Crippen molar-refractivity contribution in [3.63, 3.8) is 0 Å². The fraction of sp³-hybridized carbons (Fsp3) is 0.680. The third-order valence-corrected chi connectivity index (χ3v) is 7.06. The van der Waals surface area contributed by atoms with Crippen molar-refractivity contribution in [2.75, 3.05) is 19.8 Å². The van der Waals surface area contributed by atoms with Gasteiger partial charge in [-0.2, -0.15) is 0 Å². The molecule has 2 aliphatic rings. The molecule has 168 valence electrons. The van der Waals surface area contributed by atoms with Crippen LogP contribution in [0.1, 0.15) is 45.7 Å². The van der Waals surface area contributed by atoms with E-state index in [-0.39, 0.29) is 24.0 Å². The Morgan fingerprint density at radius 2 is 1.87 bits per heavy atom. The van der Waals surface area contributed by atoms with Crippen molar-refractivity contribution in [2.45, 2.75) is 77.7 Å². The lowest BCUT2D eigenvalue weighted by Crippen LogP contribution is -2.55. The standard InChI is InChI=1S/C25H41NO3Si/c1-18(2)21-16-26-22(19-12-10-9-11-13-19)17-27-24(29-30(6,7)8)23(26)20(21)14-15-28-25(3,4)5/h9-13,20-24H,1,14-17H2,2-8H3/t20-,21-,22+,23-,24?/m1/s1. The van der Waals surface area contributed by atoms with Gasteiger partial charge in [0.15, 0.2) is 14.6 Å². The predicted molar refractivity (Wildman–Crippen MR) is 126 cm³/mol. The summed E-state index contributed by atoms with van der Waals surface area (Å²) in [7, 11) is -1.75. The maximum absolute atomic E-state index is 6.59. The smallest absolute Gasteiger partial charge is 0.187 e. The van der Waals surface area contributed by atoms with Gasteiger partial charge in [0.1, 0.15) is 0 Å². The van der Waals surface area contributed by atoms with E-state index in [1.165, 1.54) is 11.1 Å². The van der Waals surface area contributed by atoms with Crippen LogP contribution in [-0.4, -0.2) is 50.9 Å². The third-order valence-electron chi connectivity index (χ3n) is 6.12. The van der Waals surface area contributed by atoms with E-state index < -0.39 is 8.32 Å². The maximum Gasteiger partial charge on any atom is 0.187 e. The molecule has 1 aromatic carbocycles. The Hall–Kier alpha value is -0.983. The Morgan fingerprint density at radius 3 is 2.43 bits per heavy atom. The number of hydrogen-bond acceptors (Lipinski definition) is 4. The fourth-order valence-electron chi connectivity index (χ4n) is 4.85. The molecular weight excluding hydrogens is 390 g/mol. The van der Waals surface area contributed by atoms with Crippen molar-refractivity contribution in [1.29, 1.82) is 0 Å². The number of hydrogen-bond donors (Lipinski definition) is 0. The Morgan fingerprint density at radius 1 is 1.20 bits per heavy atom. The van der Waals surface area contributed by atoms with Crippen molar-refractivity contribution < 1.29 is 13.9 Å². The second kappa shape index (κ2) is 9.25. The third kappa shape index (κ3) is 5.83. The van der Waals surface area contributed by atoms with Gasteiger partial charge in [0, 0.05) is 13.2 Å². The van der Waals surface area contributed by atoms with E-state index in [2.05, 4.69) is 89.1 Å². The van der Waals surface area contributed by atoms with Crippen LogP contribution in [0.3, 0.4) is 0 Å². The molecule has 0 aromatic heterocycles. The molecule has 2 saturated heterocycles. The highest BCUT2D eigenvalue weighted by molar-refractivity contribution is 6.69. The van der Waals surface area contributed by atoms with Crippen LogP contribution in [0, 0.1) is 11.8 Å². The van der Waals surface area contributed by atoms with Crippen molar-refractivity contribution in [1.82, 2.24) is 4.90 Å². The van der Waals surface area contributed by atoms with E-state index in [4.69, 9.17) is 13.9 Å². The number of ether oxygens (including phenoxy) is 2. The average molecular weight is 432 g/mol. The van der Waals surface area contributed by atoms with Gasteiger partial charge >= 0.3 is 0 Å². The molecule has 5 heteroatoms. The molecular formula is C25H41NO3Si. The first-order chi connectivity index (χ1) is 14.0. The summed E-state index contributed by atoms with van der Waals surface area (Å²) in [6, 6.07) is 11.2. The van der Waals surface area contributed by atoms with E-state index in [9.17, 15) is 0 Å². The highest BCUT2D eigenvalue weighted by Gasteiger charge is 2.52. The zero-order valence-corrected chi connectivity index (χ0v) is 21.0. The minimum atomic E-state index is -1.75. The van der Waals surface area contributed by atoms with E-state index >= 15 is 0 Å². The van der Waals surface area contributed by atoms with Gasteiger partial charge < -0.3 is 13.9 Å². The zero-order chi connectivity index (χ0) is 22.1. The van der Waals surface area contributed by atoms with Crippen LogP contribution in [0.25, 0.3) is 0 Å². The summed E-state index contributed by atoms with van der Waals surface area (Å²) in [4.78, 5) is 2.64. The van der Waals surface area contributed by atoms with Crippen LogP contribution in [-0.2, 0) is 13.9 Å². The van der Waals surface area contributed by atoms with Crippen LogP contribution in [0.2, 0.25) is 19.6 Å². The molecule has 0 saturated carbocycles. The van der Waals surface area contributed by atoms with Crippen LogP contribution in [0.15, 0.2) is 42.5 Å². The first kappa shape index (κ1) is 23.7. The van der Waals surface area contributed by atoms with E-state index in [0.717, 1.165) is 19.6 Å². The second-order valence-electron chi connectivity index (χ2n) is 10.9. The molecule has 5 atom stereocenters. The number of fused-ring (bicyclic) bond motifs is 1. The molecule has 1 aromatic rings. The van der Waals surface area contributed by atoms with Crippen molar-refractivity contribution in [3.8, 4) is 0 Å². The lowest BCUT2D eigenvalue weighted by molar-refractivity contribution is -0.189. The minimum Gasteiger partial charge on any atom is -0.392 e. The largest absolute Gasteiger partial charge is 0.392 e. The monoisotopic (exact) mass is 431 g/mol. The van der Waals surface area contributed by atoms with Crippen LogP contribution >= 0.6 is 0 Å². The van der Waals surface area contributed by atoms with Gasteiger partial charge in [-0.3, -0.25) is 4.90 Å². The van der Waals surface area contributed by atoms with Gasteiger partial charge in [0.05, 0.1) is 24.3 Å². The normalized spacial score (nSPS) is 30.3. The fourth-order valence-corrected chi connectivity index (χ4v) is 5.76. The molecule has 2 heterocycles. The molecule has 2 fully saturated rings. The number of nitrogens with zero attached hydrogens (tertiary/aromatic N) is 1. The number of rotatable bonds is 7. The topological polar surface area (TPSA) is 30.9 Å². The van der Waals surface area contributed by atoms with Gasteiger partial charge in [0.25, 0.3) is 0 Å². The molecule has 0 spiro atoms. The molecule has 1 unspecified atom stereocenters. The molecule has 0 N–H and O–H groups in total. The summed E-state index contributed by atoms with van der Waals surface area (Å²) in [6.07, 6.45) is 0.812. The van der Waals surface area contributed by atoms with E-state index in [0.29, 0.717) is 18.4 Å². The summed E-state index contributed by atoms with van der Waals surface area (Å²) in [6.45, 7) is 22.1. The van der Waals surface area contributed by atoms with Crippen LogP contribution < -0.4 is 0 Å². The Balaban J connectivity index is 1.90. The molecule has 2 aliphatic heterocycles. The first-order valence-electron chi connectivity index (χ1n) is 11.4. The zero-order valence-electron chi connectivity index (χ0n) is 20.0. The van der Waals surface area contributed by atoms with Crippen molar-refractivity contribution in [3.05, 3.63) is 48.0 Å². The van der Waals surface area contributed by atoms with E-state index in [1.54, 1.807) is 0 Å². The predicted octanol–water partition coefficient (Wildman–Crippen LogP) is 5.63. The Labute approximate surface area is 184 Å². The Kier molecular flexibility index (Phi) is 7.30. The van der Waals surface area contributed by atoms with Crippen LogP contribution in [0.5, 0.6) is 0 Å². The minimum absolute atomic E-state index is 0.124. The van der Waals surface area contributed by atoms with Gasteiger partial charge in [-0.15, -0.1) is 0 Å². The van der Waals surface area contributed by atoms with Crippen molar-refractivity contribution in [2.24, 2.45) is 11.8 Å². The lowest BCUT2D eigenvalue weighted by atomic mass is 9.83. The maximum atomic E-state index is 6.59. The molecule has 0 radical (unpaired) electrons. The highest BCUT2D eigenvalue weighted by Crippen LogP contribution is 2.46. The van der Waals surface area contributed by atoms with Crippen molar-refractivity contribution >= 4 is 8.32 Å². The summed E-state index contributed by atoms with van der Waals surface area (Å²) >= 11 is 0. The molecule has 0 bridgehead atoms. The molecule has 30 heavy (non-hydrogen) atoms. The average Bonchev–Trinajstić information content (AvgIpc) is 3.01. The van der Waals surface area contributed by atoms with Gasteiger partial charge in [-0.05, 0) is 71.2 Å². The van der Waals surface area contributed by atoms with Gasteiger partial charge in [-0.25, -0.2) is 0 Å². The SMILES string of the molecule is C=C(C)[C@H]1CN2[C@H](c3ccccc3)COC(O[Si](C)(C)C)[C@H]2[C@@H]1CCOC(C)(C)C. The quantitative estimate of drug-likeness (QED) is 0.413. The summed E-state index contributed by atoms with van der Waals surface area (Å²) < 4.78 is 19.2. The molecule has 0 amide bonds. The second-order valence-corrected chi connectivity index (χ2v) is 15.4. The first-order valence-corrected chi connectivity index (χ1v) is 14.8. The van der Waals surface area contributed by atoms with Crippen LogP contribution in [0.4, 0.5) is 0 Å². The van der Waals surface area contributed by atoms with Gasteiger partial charge in [0.2, 0.25) is 0 Å².